The largest absolute Gasteiger partial charge is 0.352 e. The molecule has 1 aromatic carbocycles. The van der Waals surface area contributed by atoms with Gasteiger partial charge in [0.25, 0.3) is 0 Å². The average Bonchev–Trinajstić information content (AvgIpc) is 3.31. The molecule has 1 aliphatic heterocycles. The lowest BCUT2D eigenvalue weighted by molar-refractivity contribution is -0.132. The van der Waals surface area contributed by atoms with Crippen LogP contribution >= 0.6 is 11.3 Å². The molecule has 0 N–H and O–H groups in total. The first-order valence-corrected chi connectivity index (χ1v) is 12.3. The normalized spacial score (nSPS) is 16.2. The highest BCUT2D eigenvalue weighted by molar-refractivity contribution is 7.10. The zero-order valence-electron chi connectivity index (χ0n) is 19.7. The molecule has 170 valence electrons. The maximum Gasteiger partial charge on any atom is 0.228 e. The lowest BCUT2D eigenvalue weighted by atomic mass is 9.95. The molecule has 0 spiro atoms. The van der Waals surface area contributed by atoms with Crippen LogP contribution in [0.4, 0.5) is 5.82 Å². The number of thiophene rings is 1. The van der Waals surface area contributed by atoms with Crippen LogP contribution in [0.3, 0.4) is 0 Å². The van der Waals surface area contributed by atoms with E-state index in [-0.39, 0.29) is 17.9 Å². The zero-order chi connectivity index (χ0) is 23.5. The van der Waals surface area contributed by atoms with Crippen LogP contribution in [-0.2, 0) is 11.2 Å². The molecule has 1 saturated heterocycles. The van der Waals surface area contributed by atoms with Gasteiger partial charge in [0, 0.05) is 36.1 Å². The van der Waals surface area contributed by atoms with E-state index in [4.69, 9.17) is 4.98 Å². The Labute approximate surface area is 200 Å². The van der Waals surface area contributed by atoms with E-state index in [9.17, 15) is 10.1 Å². The molecule has 0 aliphatic carbocycles. The van der Waals surface area contributed by atoms with Gasteiger partial charge in [0.05, 0.1) is 17.7 Å². The minimum Gasteiger partial charge on any atom is -0.352 e. The summed E-state index contributed by atoms with van der Waals surface area (Å²) in [7, 11) is 0. The third-order valence-electron chi connectivity index (χ3n) is 6.18. The first kappa shape index (κ1) is 23.0. The van der Waals surface area contributed by atoms with Gasteiger partial charge in [-0.1, -0.05) is 49.7 Å². The molecular formula is C27H30N4OS. The minimum atomic E-state index is 0.0542. The van der Waals surface area contributed by atoms with Crippen LogP contribution in [0.15, 0.2) is 47.8 Å². The first-order chi connectivity index (χ1) is 15.9. The van der Waals surface area contributed by atoms with Gasteiger partial charge >= 0.3 is 0 Å². The van der Waals surface area contributed by atoms with Crippen molar-refractivity contribution in [3.63, 3.8) is 0 Å². The van der Waals surface area contributed by atoms with Crippen molar-refractivity contribution in [2.24, 2.45) is 0 Å². The summed E-state index contributed by atoms with van der Waals surface area (Å²) in [6.07, 6.45) is 0.451. The van der Waals surface area contributed by atoms with Crippen molar-refractivity contribution < 1.29 is 4.79 Å². The predicted octanol–water partition coefficient (Wildman–Crippen LogP) is 5.39. The lowest BCUT2D eigenvalue weighted by Gasteiger charge is -2.41. The molecule has 3 aromatic rings. The van der Waals surface area contributed by atoms with Crippen molar-refractivity contribution in [3.8, 4) is 17.2 Å². The molecule has 6 heteroatoms. The van der Waals surface area contributed by atoms with Gasteiger partial charge in [0.2, 0.25) is 5.91 Å². The summed E-state index contributed by atoms with van der Waals surface area (Å²) < 4.78 is 0. The highest BCUT2D eigenvalue weighted by atomic mass is 32.1. The maximum atomic E-state index is 12.9. The summed E-state index contributed by atoms with van der Waals surface area (Å²) >= 11 is 1.62. The van der Waals surface area contributed by atoms with E-state index in [1.165, 1.54) is 5.56 Å². The second kappa shape index (κ2) is 9.76. The Hall–Kier alpha value is -3.17. The van der Waals surface area contributed by atoms with E-state index in [1.54, 1.807) is 11.3 Å². The lowest BCUT2D eigenvalue weighted by Crippen LogP contribution is -2.54. The smallest absolute Gasteiger partial charge is 0.228 e. The molecule has 1 unspecified atom stereocenters. The highest BCUT2D eigenvalue weighted by Crippen LogP contribution is 2.33. The molecule has 0 saturated carbocycles. The monoisotopic (exact) mass is 458 g/mol. The van der Waals surface area contributed by atoms with Gasteiger partial charge in [0.15, 0.2) is 0 Å². The Morgan fingerprint density at radius 3 is 2.70 bits per heavy atom. The highest BCUT2D eigenvalue weighted by Gasteiger charge is 2.30. The third kappa shape index (κ3) is 4.94. The number of hydrogen-bond acceptors (Lipinski definition) is 5. The summed E-state index contributed by atoms with van der Waals surface area (Å²) in [5, 5.41) is 12.0. The molecule has 33 heavy (non-hydrogen) atoms. The maximum absolute atomic E-state index is 12.9. The van der Waals surface area contributed by atoms with Crippen LogP contribution in [0.25, 0.3) is 11.1 Å². The van der Waals surface area contributed by atoms with E-state index < -0.39 is 0 Å². The molecule has 1 aliphatic rings. The summed E-state index contributed by atoms with van der Waals surface area (Å²) in [6, 6.07) is 16.8. The van der Waals surface area contributed by atoms with Crippen LogP contribution in [-0.4, -0.2) is 41.5 Å². The number of hydrogen-bond donors (Lipinski definition) is 0. The number of nitrogens with zero attached hydrogens (tertiary/aromatic N) is 4. The molecule has 0 radical (unpaired) electrons. The van der Waals surface area contributed by atoms with Crippen molar-refractivity contribution in [2.75, 3.05) is 24.5 Å². The van der Waals surface area contributed by atoms with E-state index >= 15 is 0 Å². The molecule has 5 nitrogen and oxygen atoms in total. The topological polar surface area (TPSA) is 60.2 Å². The third-order valence-corrected chi connectivity index (χ3v) is 7.06. The van der Waals surface area contributed by atoms with Crippen LogP contribution in [0.1, 0.15) is 48.4 Å². The van der Waals surface area contributed by atoms with Gasteiger partial charge in [-0.15, -0.1) is 11.3 Å². The van der Waals surface area contributed by atoms with Gasteiger partial charge in [0.1, 0.15) is 11.9 Å². The fourth-order valence-electron chi connectivity index (χ4n) is 4.51. The van der Waals surface area contributed by atoms with E-state index in [1.807, 2.05) is 34.5 Å². The molecule has 2 aromatic heterocycles. The van der Waals surface area contributed by atoms with E-state index in [0.717, 1.165) is 27.5 Å². The van der Waals surface area contributed by atoms with Crippen molar-refractivity contribution in [2.45, 2.75) is 46.1 Å². The van der Waals surface area contributed by atoms with Gasteiger partial charge in [-0.3, -0.25) is 4.79 Å². The molecule has 3 heterocycles. The Morgan fingerprint density at radius 2 is 2.06 bits per heavy atom. The molecule has 1 atom stereocenters. The number of anilines is 1. The van der Waals surface area contributed by atoms with Gasteiger partial charge in [-0.25, -0.2) is 4.98 Å². The molecule has 0 bridgehead atoms. The second-order valence-corrected chi connectivity index (χ2v) is 10.1. The SMILES string of the molecule is Cc1cccc(-c2cc(C#N)c(N3CCN(C(=O)Cc4cccs4)C(C)C3)nc2C(C)C)c1. The number of aromatic nitrogens is 1. The van der Waals surface area contributed by atoms with Crippen LogP contribution in [0, 0.1) is 18.3 Å². The standard InChI is InChI=1S/C27H30N4OS/c1-18(2)26-24(21-8-5-7-19(3)13-21)14-22(16-28)27(29-26)30-10-11-31(20(4)17-30)25(32)15-23-9-6-12-33-23/h5-9,12-14,18,20H,10-11,15,17H2,1-4H3. The Kier molecular flexibility index (Phi) is 6.80. The molecule has 4 rings (SSSR count). The van der Waals surface area contributed by atoms with Crippen molar-refractivity contribution in [3.05, 3.63) is 69.5 Å². The summed E-state index contributed by atoms with van der Waals surface area (Å²) in [6.45, 7) is 10.4. The number of pyridine rings is 1. The number of amides is 1. The van der Waals surface area contributed by atoms with Gasteiger partial charge in [-0.05, 0) is 42.8 Å². The van der Waals surface area contributed by atoms with Crippen LogP contribution < -0.4 is 4.90 Å². The van der Waals surface area contributed by atoms with Crippen molar-refractivity contribution in [1.82, 2.24) is 9.88 Å². The van der Waals surface area contributed by atoms with E-state index in [2.05, 4.69) is 56.9 Å². The fourth-order valence-corrected chi connectivity index (χ4v) is 5.20. The summed E-state index contributed by atoms with van der Waals surface area (Å²) in [5.41, 5.74) is 4.88. The van der Waals surface area contributed by atoms with Crippen LogP contribution in [0.2, 0.25) is 0 Å². The van der Waals surface area contributed by atoms with Gasteiger partial charge < -0.3 is 9.80 Å². The summed E-state index contributed by atoms with van der Waals surface area (Å²) in [4.78, 5) is 23.1. The Morgan fingerprint density at radius 1 is 1.24 bits per heavy atom. The molecular weight excluding hydrogens is 428 g/mol. The number of benzene rings is 1. The molecule has 1 fully saturated rings. The fraction of sp³-hybridized carbons (Fsp3) is 0.370. The first-order valence-electron chi connectivity index (χ1n) is 11.5. The minimum absolute atomic E-state index is 0.0542. The number of nitriles is 1. The number of piperazine rings is 1. The van der Waals surface area contributed by atoms with Crippen molar-refractivity contribution >= 4 is 23.1 Å². The predicted molar refractivity (Wildman–Crippen MR) is 135 cm³/mol. The number of aryl methyl sites for hydroxylation is 1. The summed E-state index contributed by atoms with van der Waals surface area (Å²) in [5.74, 6) is 1.11. The average molecular weight is 459 g/mol. The number of carbonyl (C=O) groups excluding carboxylic acids is 1. The van der Waals surface area contributed by atoms with Crippen molar-refractivity contribution in [1.29, 1.82) is 5.26 Å². The second-order valence-electron chi connectivity index (χ2n) is 9.07. The van der Waals surface area contributed by atoms with E-state index in [0.29, 0.717) is 31.6 Å². The Balaban J connectivity index is 1.61. The van der Waals surface area contributed by atoms with Crippen LogP contribution in [0.5, 0.6) is 0 Å². The molecule has 1 amide bonds. The van der Waals surface area contributed by atoms with Gasteiger partial charge in [-0.2, -0.15) is 5.26 Å². The number of carbonyl (C=O) groups is 1. The zero-order valence-corrected chi connectivity index (χ0v) is 20.5. The number of rotatable bonds is 5. The quantitative estimate of drug-likeness (QED) is 0.514. The Bertz CT molecular complexity index is 1180.